The van der Waals surface area contributed by atoms with E-state index in [9.17, 15) is 41.5 Å². The van der Waals surface area contributed by atoms with Crippen molar-refractivity contribution in [3.05, 3.63) is 51.9 Å². The number of cyclic esters (lactones) is 1. The van der Waals surface area contributed by atoms with Crippen molar-refractivity contribution in [2.45, 2.75) is 122 Å². The van der Waals surface area contributed by atoms with Crippen LogP contribution in [0, 0.1) is 22.6 Å². The number of hydrazine groups is 1. The fourth-order valence-corrected chi connectivity index (χ4v) is 13.0. The highest BCUT2D eigenvalue weighted by atomic mass is 35.5. The molecular formula is C54H65ClF8N10O7S. The van der Waals surface area contributed by atoms with E-state index in [1.807, 2.05) is 0 Å². The summed E-state index contributed by atoms with van der Waals surface area (Å²) < 4.78 is 129. The number of esters is 1. The molecule has 0 radical (unpaired) electrons. The van der Waals surface area contributed by atoms with Gasteiger partial charge >= 0.3 is 18.3 Å². The first-order valence-corrected chi connectivity index (χ1v) is 28.2. The van der Waals surface area contributed by atoms with Gasteiger partial charge in [-0.25, -0.2) is 19.2 Å². The average molecular weight is 1190 g/mol. The summed E-state index contributed by atoms with van der Waals surface area (Å²) in [7, 11) is 1.40. The molecule has 9 rings (SSSR count). The van der Waals surface area contributed by atoms with Gasteiger partial charge in [0.2, 0.25) is 11.8 Å². The second-order valence-electron chi connectivity index (χ2n) is 22.9. The number of halogens is 9. The van der Waals surface area contributed by atoms with Crippen LogP contribution in [0.3, 0.4) is 0 Å². The highest BCUT2D eigenvalue weighted by Crippen LogP contribution is 2.46. The van der Waals surface area contributed by atoms with Crippen LogP contribution in [0.2, 0.25) is 0 Å². The zero-order valence-electron chi connectivity index (χ0n) is 45.6. The van der Waals surface area contributed by atoms with Crippen LogP contribution in [0.15, 0.2) is 29.8 Å². The maximum atomic E-state index is 17.0. The number of methoxy groups -OCH3 is 1. The van der Waals surface area contributed by atoms with Crippen LogP contribution in [0.25, 0.3) is 33.4 Å². The minimum absolute atomic E-state index is 0.0179. The maximum Gasteiger partial charge on any atom is 0.406 e. The van der Waals surface area contributed by atoms with Crippen LogP contribution in [0.1, 0.15) is 82.7 Å². The SMILES string of the molecule is CO[C@@H](C)c1ncc(N2CCN(CC(F)(F)F)CC2)cc1-c1c2c3cc(c(F)cc3n1CC(F)(F)F)-c1csc(n1)C[C@H](NC(=O)[C@H](C(C)C)N1CC[C@@]3(CCN(C(=O)[C@H](F)Cl)C3)C1=O)C(=O)N1CCC[C@H](N1)C(=O)OCC(C)(C)C2. The van der Waals surface area contributed by atoms with Crippen LogP contribution < -0.4 is 15.6 Å². The topological polar surface area (TPSA) is 175 Å². The molecule has 4 amide bonds. The average Bonchev–Trinajstić information content (AvgIpc) is 2.84. The summed E-state index contributed by atoms with van der Waals surface area (Å²) in [6.45, 7) is 6.31. The smallest absolute Gasteiger partial charge is 0.406 e. The summed E-state index contributed by atoms with van der Waals surface area (Å²) in [5, 5.41) is 6.06. The zero-order chi connectivity index (χ0) is 58.7. The van der Waals surface area contributed by atoms with Crippen LogP contribution >= 0.6 is 22.9 Å². The van der Waals surface area contributed by atoms with Gasteiger partial charge in [-0.05, 0) is 68.7 Å². The molecule has 8 heterocycles. The van der Waals surface area contributed by atoms with Gasteiger partial charge in [-0.2, -0.15) is 26.3 Å². The van der Waals surface area contributed by atoms with Crippen molar-refractivity contribution < 1.29 is 68.6 Å². The standard InChI is InChI=1S/C54H65ClF8N10O7S/c1-29(2)43(71-13-10-52(50(71)78)9-12-70(25-52)48(76)45(55)57)46(74)66-38-21-41-65-39(24-81-41)33-19-32-35(22-51(4,5)28-80-49(77)37-8-7-11-73(67-37)47(38)75)44(72(27-54(61,62)63)40(32)20-36(33)56)34-18-31(23-64-42(34)30(3)79-6)69-16-14-68(15-17-69)26-53(58,59)60/h18-20,23-24,29-30,37-38,43,45,67H,7-17,21-22,25-28H2,1-6H3,(H,66,74)/t30-,37-,38-,43-,45-,52+/m0/s1. The molecule has 3 aromatic heterocycles. The largest absolute Gasteiger partial charge is 0.464 e. The summed E-state index contributed by atoms with van der Waals surface area (Å²) in [6.07, 6.45) is -7.83. The summed E-state index contributed by atoms with van der Waals surface area (Å²) in [5.41, 5.74) is -0.419. The number of hydrogen-bond acceptors (Lipinski definition) is 13. The van der Waals surface area contributed by atoms with E-state index < -0.39 is 107 Å². The Morgan fingerprint density at radius 3 is 2.33 bits per heavy atom. The van der Waals surface area contributed by atoms with Gasteiger partial charge in [-0.1, -0.05) is 39.3 Å². The van der Waals surface area contributed by atoms with E-state index in [4.69, 9.17) is 31.0 Å². The molecule has 0 saturated carbocycles. The number of nitrogens with zero attached hydrogens (tertiary/aromatic N) is 8. The fourth-order valence-electron chi connectivity index (χ4n) is 12.0. The van der Waals surface area contributed by atoms with Crippen LogP contribution in [-0.4, -0.2) is 173 Å². The van der Waals surface area contributed by atoms with Gasteiger partial charge in [0, 0.05) is 93.2 Å². The van der Waals surface area contributed by atoms with E-state index in [1.54, 1.807) is 45.6 Å². The number of ether oxygens (including phenoxy) is 2. The van der Waals surface area contributed by atoms with Crippen molar-refractivity contribution in [3.8, 4) is 22.5 Å². The second-order valence-corrected chi connectivity index (χ2v) is 24.3. The predicted molar refractivity (Wildman–Crippen MR) is 284 cm³/mol. The molecule has 27 heteroatoms. The second kappa shape index (κ2) is 23.2. The van der Waals surface area contributed by atoms with E-state index in [2.05, 4.69) is 10.7 Å². The Balaban J connectivity index is 1.13. The van der Waals surface area contributed by atoms with Crippen molar-refractivity contribution in [2.75, 3.05) is 77.5 Å². The number of likely N-dealkylation sites (tertiary alicyclic amines) is 2. The first-order valence-electron chi connectivity index (χ1n) is 26.9. The number of benzene rings is 1. The molecule has 0 aliphatic carbocycles. The predicted octanol–water partition coefficient (Wildman–Crippen LogP) is 7.58. The summed E-state index contributed by atoms with van der Waals surface area (Å²) in [4.78, 5) is 85.5. The highest BCUT2D eigenvalue weighted by molar-refractivity contribution is 7.10. The Morgan fingerprint density at radius 1 is 0.963 bits per heavy atom. The van der Waals surface area contributed by atoms with Crippen molar-refractivity contribution in [1.82, 2.24) is 45.0 Å². The monoisotopic (exact) mass is 1180 g/mol. The molecule has 4 fully saturated rings. The Morgan fingerprint density at radius 2 is 1.67 bits per heavy atom. The maximum absolute atomic E-state index is 17.0. The molecule has 1 spiro atoms. The molecule has 6 atom stereocenters. The lowest BCUT2D eigenvalue weighted by molar-refractivity contribution is -0.155. The number of anilines is 1. The van der Waals surface area contributed by atoms with E-state index in [-0.39, 0.29) is 135 Å². The van der Waals surface area contributed by atoms with Gasteiger partial charge < -0.3 is 34.1 Å². The van der Waals surface area contributed by atoms with Crippen molar-refractivity contribution in [1.29, 1.82) is 0 Å². The van der Waals surface area contributed by atoms with Gasteiger partial charge in [0.05, 0.1) is 64.2 Å². The molecule has 6 bridgehead atoms. The third-order valence-corrected chi connectivity index (χ3v) is 17.1. The molecule has 5 aliphatic heterocycles. The fraction of sp³-hybridized carbons (Fsp3) is 0.611. The normalized spacial score (nSPS) is 23.6. The van der Waals surface area contributed by atoms with Crippen LogP contribution in [0.5, 0.6) is 0 Å². The number of hydrogen-bond donors (Lipinski definition) is 2. The van der Waals surface area contributed by atoms with Gasteiger partial charge in [0.25, 0.3) is 17.4 Å². The molecule has 2 N–H and O–H groups in total. The van der Waals surface area contributed by atoms with E-state index in [0.29, 0.717) is 17.7 Å². The van der Waals surface area contributed by atoms with Crippen LogP contribution in [-0.2, 0) is 52.8 Å². The molecular weight excluding hydrogens is 1120 g/mol. The third-order valence-electron chi connectivity index (χ3n) is 16.1. The number of rotatable bonds is 11. The van der Waals surface area contributed by atoms with E-state index in [0.717, 1.165) is 22.0 Å². The number of amides is 4. The number of carbonyl (C=O) groups is 5. The minimum Gasteiger partial charge on any atom is -0.464 e. The quantitative estimate of drug-likeness (QED) is 0.0858. The molecule has 5 aliphatic rings. The Labute approximate surface area is 471 Å². The number of nitrogens with one attached hydrogen (secondary N) is 2. The summed E-state index contributed by atoms with van der Waals surface area (Å²) in [6, 6.07) is 0.502. The van der Waals surface area contributed by atoms with E-state index in [1.165, 1.54) is 44.5 Å². The lowest BCUT2D eigenvalue weighted by atomic mass is 9.84. The number of thiazole rings is 1. The molecule has 81 heavy (non-hydrogen) atoms. The molecule has 1 aromatic carbocycles. The highest BCUT2D eigenvalue weighted by Gasteiger charge is 2.55. The molecule has 4 saturated heterocycles. The van der Waals surface area contributed by atoms with Gasteiger partial charge in [0.1, 0.15) is 30.5 Å². The number of fused-ring (bicyclic) bond motifs is 6. The van der Waals surface area contributed by atoms with E-state index >= 15 is 17.6 Å². The molecule has 0 unspecified atom stereocenters. The Bertz CT molecular complexity index is 3060. The summed E-state index contributed by atoms with van der Waals surface area (Å²) >= 11 is 6.50. The first-order chi connectivity index (χ1) is 38.1. The van der Waals surface area contributed by atoms with Gasteiger partial charge in [-0.15, -0.1) is 11.3 Å². The van der Waals surface area contributed by atoms with Gasteiger partial charge in [-0.3, -0.25) is 38.9 Å². The minimum atomic E-state index is -4.86. The lowest BCUT2D eigenvalue weighted by Gasteiger charge is -2.37. The number of pyridine rings is 1. The first kappa shape index (κ1) is 59.9. The van der Waals surface area contributed by atoms with Crippen molar-refractivity contribution >= 4 is 69.1 Å². The molecule has 4 aromatic rings. The lowest BCUT2D eigenvalue weighted by Crippen LogP contribution is -2.62. The molecule has 442 valence electrons. The summed E-state index contributed by atoms with van der Waals surface area (Å²) in [5.74, 6) is -4.87. The Kier molecular flexibility index (Phi) is 17.1. The number of carbonyl (C=O) groups excluding carboxylic acids is 5. The van der Waals surface area contributed by atoms with Crippen molar-refractivity contribution in [3.63, 3.8) is 0 Å². The molecule has 17 nitrogen and oxygen atoms in total. The number of piperazine rings is 1. The Hall–Kier alpha value is -5.70. The number of aromatic nitrogens is 3. The van der Waals surface area contributed by atoms with Crippen LogP contribution in [0.4, 0.5) is 40.8 Å². The van der Waals surface area contributed by atoms with Crippen molar-refractivity contribution in [2.24, 2.45) is 16.7 Å². The zero-order valence-corrected chi connectivity index (χ0v) is 47.2. The third kappa shape index (κ3) is 12.8. The number of alkyl halides is 8. The van der Waals surface area contributed by atoms with Gasteiger partial charge in [0.15, 0.2) is 0 Å².